The number of piperidine rings is 1. The van der Waals surface area contributed by atoms with Crippen LogP contribution in [-0.2, 0) is 4.79 Å². The predicted octanol–water partition coefficient (Wildman–Crippen LogP) is 2.11. The van der Waals surface area contributed by atoms with Crippen molar-refractivity contribution in [2.24, 2.45) is 10.8 Å². The molecular weight excluding hydrogens is 216 g/mol. The SMILES string of the molecule is CC(C)(C#N)CCN1CCCC(C)(C(=O)O)C1. The Kier molecular flexibility index (Phi) is 4.16. The van der Waals surface area contributed by atoms with Gasteiger partial charge in [0.2, 0.25) is 0 Å². The van der Waals surface area contributed by atoms with Gasteiger partial charge in [-0.2, -0.15) is 5.26 Å². The van der Waals surface area contributed by atoms with Crippen LogP contribution in [0.5, 0.6) is 0 Å². The zero-order valence-corrected chi connectivity index (χ0v) is 11.0. The molecule has 0 spiro atoms. The lowest BCUT2D eigenvalue weighted by Crippen LogP contribution is -2.46. The molecule has 4 nitrogen and oxygen atoms in total. The Bertz CT molecular complexity index is 333. The third-order valence-corrected chi connectivity index (χ3v) is 3.65. The van der Waals surface area contributed by atoms with Crippen molar-refractivity contribution in [1.82, 2.24) is 4.90 Å². The van der Waals surface area contributed by atoms with Crippen molar-refractivity contribution < 1.29 is 9.90 Å². The molecule has 0 saturated carbocycles. The molecule has 0 aromatic rings. The van der Waals surface area contributed by atoms with Gasteiger partial charge in [0, 0.05) is 6.54 Å². The molecule has 1 aliphatic rings. The van der Waals surface area contributed by atoms with Crippen molar-refractivity contribution in [2.45, 2.75) is 40.0 Å². The van der Waals surface area contributed by atoms with Gasteiger partial charge in [0.1, 0.15) is 0 Å². The van der Waals surface area contributed by atoms with Crippen LogP contribution in [0.4, 0.5) is 0 Å². The number of likely N-dealkylation sites (tertiary alicyclic amines) is 1. The number of hydrogen-bond acceptors (Lipinski definition) is 3. The quantitative estimate of drug-likeness (QED) is 0.814. The molecule has 1 saturated heterocycles. The van der Waals surface area contributed by atoms with Crippen molar-refractivity contribution in [1.29, 1.82) is 5.26 Å². The molecule has 0 aromatic heterocycles. The number of rotatable bonds is 4. The van der Waals surface area contributed by atoms with Gasteiger partial charge in [-0.15, -0.1) is 0 Å². The standard InChI is InChI=1S/C13H22N2O2/c1-12(2,9-14)6-8-15-7-4-5-13(3,10-15)11(16)17/h4-8,10H2,1-3H3,(H,16,17). The Morgan fingerprint density at radius 1 is 1.59 bits per heavy atom. The number of nitrogens with zero attached hydrogens (tertiary/aromatic N) is 2. The molecule has 1 unspecified atom stereocenters. The summed E-state index contributed by atoms with van der Waals surface area (Å²) in [5.74, 6) is -0.707. The third-order valence-electron chi connectivity index (χ3n) is 3.65. The van der Waals surface area contributed by atoms with E-state index in [2.05, 4.69) is 11.0 Å². The van der Waals surface area contributed by atoms with Crippen molar-refractivity contribution in [2.75, 3.05) is 19.6 Å². The first-order valence-electron chi connectivity index (χ1n) is 6.16. The van der Waals surface area contributed by atoms with Gasteiger partial charge >= 0.3 is 5.97 Å². The van der Waals surface area contributed by atoms with E-state index in [4.69, 9.17) is 5.26 Å². The molecule has 1 N–H and O–H groups in total. The second-order valence-corrected chi connectivity index (χ2v) is 5.99. The highest BCUT2D eigenvalue weighted by Gasteiger charge is 2.37. The van der Waals surface area contributed by atoms with Crippen LogP contribution in [0, 0.1) is 22.2 Å². The highest BCUT2D eigenvalue weighted by atomic mass is 16.4. The number of carbonyl (C=O) groups is 1. The summed E-state index contributed by atoms with van der Waals surface area (Å²) in [6, 6.07) is 2.28. The number of carboxylic acids is 1. The Morgan fingerprint density at radius 2 is 2.24 bits per heavy atom. The molecule has 0 aromatic carbocycles. The van der Waals surface area contributed by atoms with Crippen molar-refractivity contribution in [3.63, 3.8) is 0 Å². The van der Waals surface area contributed by atoms with Crippen molar-refractivity contribution >= 4 is 5.97 Å². The summed E-state index contributed by atoms with van der Waals surface area (Å²) < 4.78 is 0. The minimum absolute atomic E-state index is 0.322. The van der Waals surface area contributed by atoms with Crippen LogP contribution in [0.25, 0.3) is 0 Å². The van der Waals surface area contributed by atoms with E-state index in [9.17, 15) is 9.90 Å². The summed E-state index contributed by atoms with van der Waals surface area (Å²) in [5.41, 5.74) is -0.938. The molecule has 17 heavy (non-hydrogen) atoms. The summed E-state index contributed by atoms with van der Waals surface area (Å²) >= 11 is 0. The first kappa shape index (κ1) is 14.0. The number of hydrogen-bond donors (Lipinski definition) is 1. The summed E-state index contributed by atoms with van der Waals surface area (Å²) in [4.78, 5) is 13.4. The smallest absolute Gasteiger partial charge is 0.310 e. The summed E-state index contributed by atoms with van der Waals surface area (Å²) in [6.07, 6.45) is 2.47. The third kappa shape index (κ3) is 3.71. The van der Waals surface area contributed by atoms with Crippen LogP contribution in [0.15, 0.2) is 0 Å². The fourth-order valence-electron chi connectivity index (χ4n) is 2.20. The topological polar surface area (TPSA) is 64.3 Å². The first-order chi connectivity index (χ1) is 7.79. The molecule has 0 bridgehead atoms. The molecule has 1 rings (SSSR count). The normalized spacial score (nSPS) is 26.5. The molecule has 1 aliphatic heterocycles. The first-order valence-corrected chi connectivity index (χ1v) is 6.16. The second-order valence-electron chi connectivity index (χ2n) is 5.99. The predicted molar refractivity (Wildman–Crippen MR) is 65.4 cm³/mol. The van der Waals surface area contributed by atoms with Crippen LogP contribution >= 0.6 is 0 Å². The highest BCUT2D eigenvalue weighted by molar-refractivity contribution is 5.74. The maximum absolute atomic E-state index is 11.2. The fourth-order valence-corrected chi connectivity index (χ4v) is 2.20. The van der Waals surface area contributed by atoms with Gasteiger partial charge in [-0.1, -0.05) is 0 Å². The molecule has 1 heterocycles. The molecule has 0 radical (unpaired) electrons. The van der Waals surface area contributed by atoms with E-state index in [1.54, 1.807) is 0 Å². The average Bonchev–Trinajstić information content (AvgIpc) is 2.27. The lowest BCUT2D eigenvalue weighted by molar-refractivity contribution is -0.151. The van der Waals surface area contributed by atoms with Crippen molar-refractivity contribution in [3.8, 4) is 6.07 Å². The molecule has 4 heteroatoms. The largest absolute Gasteiger partial charge is 0.481 e. The molecule has 96 valence electrons. The van der Waals surface area contributed by atoms with Gasteiger partial charge in [-0.05, 0) is 53.1 Å². The monoisotopic (exact) mass is 238 g/mol. The minimum atomic E-state index is -0.707. The van der Waals surface area contributed by atoms with E-state index in [-0.39, 0.29) is 5.41 Å². The second kappa shape index (κ2) is 5.05. The van der Waals surface area contributed by atoms with E-state index in [1.165, 1.54) is 0 Å². The molecule has 1 fully saturated rings. The van der Waals surface area contributed by atoms with Gasteiger partial charge in [0.25, 0.3) is 0 Å². The zero-order chi connectivity index (χ0) is 13.1. The van der Waals surface area contributed by atoms with Crippen LogP contribution in [-0.4, -0.2) is 35.6 Å². The Balaban J connectivity index is 2.52. The van der Waals surface area contributed by atoms with E-state index in [0.29, 0.717) is 6.54 Å². The molecule has 0 amide bonds. The fraction of sp³-hybridized carbons (Fsp3) is 0.846. The van der Waals surface area contributed by atoms with Crippen LogP contribution in [0.1, 0.15) is 40.0 Å². The minimum Gasteiger partial charge on any atom is -0.481 e. The van der Waals surface area contributed by atoms with Gasteiger partial charge in [0.15, 0.2) is 0 Å². The Morgan fingerprint density at radius 3 is 2.76 bits per heavy atom. The van der Waals surface area contributed by atoms with Gasteiger partial charge in [-0.25, -0.2) is 0 Å². The van der Waals surface area contributed by atoms with E-state index >= 15 is 0 Å². The Labute approximate surface area is 103 Å². The number of aliphatic carboxylic acids is 1. The lowest BCUT2D eigenvalue weighted by Gasteiger charge is -2.38. The van der Waals surface area contributed by atoms with Gasteiger partial charge in [-0.3, -0.25) is 4.79 Å². The Hall–Kier alpha value is -1.08. The molecule has 1 atom stereocenters. The van der Waals surface area contributed by atoms with Crippen LogP contribution < -0.4 is 0 Å². The lowest BCUT2D eigenvalue weighted by atomic mass is 9.81. The van der Waals surface area contributed by atoms with Crippen LogP contribution in [0.3, 0.4) is 0 Å². The summed E-state index contributed by atoms with van der Waals surface area (Å²) in [7, 11) is 0. The van der Waals surface area contributed by atoms with E-state index < -0.39 is 11.4 Å². The average molecular weight is 238 g/mol. The molecular formula is C13H22N2O2. The van der Waals surface area contributed by atoms with Crippen LogP contribution in [0.2, 0.25) is 0 Å². The van der Waals surface area contributed by atoms with Gasteiger partial charge < -0.3 is 10.0 Å². The maximum atomic E-state index is 11.2. The highest BCUT2D eigenvalue weighted by Crippen LogP contribution is 2.30. The summed E-state index contributed by atoms with van der Waals surface area (Å²) in [6.45, 7) is 8.02. The van der Waals surface area contributed by atoms with E-state index in [0.717, 1.165) is 32.4 Å². The number of nitriles is 1. The number of carboxylic acid groups (broad SMARTS) is 1. The summed E-state index contributed by atoms with van der Waals surface area (Å²) in [5, 5.41) is 18.2. The van der Waals surface area contributed by atoms with E-state index in [1.807, 2.05) is 20.8 Å². The molecule has 0 aliphatic carbocycles. The van der Waals surface area contributed by atoms with Gasteiger partial charge in [0.05, 0.1) is 16.9 Å². The maximum Gasteiger partial charge on any atom is 0.310 e. The zero-order valence-electron chi connectivity index (χ0n) is 11.0. The van der Waals surface area contributed by atoms with Crippen molar-refractivity contribution in [3.05, 3.63) is 0 Å².